The van der Waals surface area contributed by atoms with E-state index in [0.717, 1.165) is 4.90 Å². The summed E-state index contributed by atoms with van der Waals surface area (Å²) in [7, 11) is -2.33. The van der Waals surface area contributed by atoms with Crippen molar-refractivity contribution < 1.29 is 18.0 Å². The van der Waals surface area contributed by atoms with Gasteiger partial charge >= 0.3 is 0 Å². The first-order valence-corrected chi connectivity index (χ1v) is 7.94. The maximum Gasteiger partial charge on any atom is 0.246 e. The van der Waals surface area contributed by atoms with E-state index in [1.807, 2.05) is 0 Å². The Hall–Kier alpha value is -1.77. The van der Waals surface area contributed by atoms with E-state index in [1.54, 1.807) is 19.1 Å². The summed E-state index contributed by atoms with van der Waals surface area (Å²) in [5.41, 5.74) is 0.677. The van der Waals surface area contributed by atoms with Crippen LogP contribution in [0, 0.1) is 0 Å². The van der Waals surface area contributed by atoms with E-state index in [2.05, 4.69) is 5.32 Å². The molecule has 2 atom stereocenters. The normalized spacial score (nSPS) is 20.9. The highest BCUT2D eigenvalue weighted by Gasteiger charge is 2.36. The number of hydrogen-bond donors (Lipinski definition) is 2. The van der Waals surface area contributed by atoms with Gasteiger partial charge in [-0.05, 0) is 24.6 Å². The number of sulfonamides is 1. The van der Waals surface area contributed by atoms with Crippen LogP contribution >= 0.6 is 0 Å². The van der Waals surface area contributed by atoms with Crippen LogP contribution in [0.3, 0.4) is 0 Å². The van der Waals surface area contributed by atoms with Gasteiger partial charge in [0.15, 0.2) is 0 Å². The molecule has 0 radical (unpaired) electrons. The molecular formula is C13H17N3O4S. The molecule has 0 bridgehead atoms. The Morgan fingerprint density at radius 3 is 2.57 bits per heavy atom. The van der Waals surface area contributed by atoms with Crippen molar-refractivity contribution in [3.05, 3.63) is 29.8 Å². The molecule has 3 N–H and O–H groups in total. The van der Waals surface area contributed by atoms with E-state index in [4.69, 9.17) is 5.14 Å². The van der Waals surface area contributed by atoms with Gasteiger partial charge in [0.2, 0.25) is 21.8 Å². The van der Waals surface area contributed by atoms with E-state index in [9.17, 15) is 18.0 Å². The maximum atomic E-state index is 11.8. The van der Waals surface area contributed by atoms with Gasteiger partial charge in [0.1, 0.15) is 0 Å². The number of primary sulfonamides is 1. The molecule has 0 saturated carbocycles. The highest BCUT2D eigenvalue weighted by molar-refractivity contribution is 7.89. The van der Waals surface area contributed by atoms with Crippen LogP contribution in [0.5, 0.6) is 0 Å². The van der Waals surface area contributed by atoms with Gasteiger partial charge in [-0.2, -0.15) is 0 Å². The zero-order valence-corrected chi connectivity index (χ0v) is 12.6. The van der Waals surface area contributed by atoms with Crippen LogP contribution < -0.4 is 10.5 Å². The fourth-order valence-corrected chi connectivity index (χ4v) is 2.81. The molecule has 8 heteroatoms. The fraction of sp³-hybridized carbons (Fsp3) is 0.385. The maximum absolute atomic E-state index is 11.8. The lowest BCUT2D eigenvalue weighted by Crippen LogP contribution is -2.38. The lowest BCUT2D eigenvalue weighted by atomic mass is 10.1. The molecule has 114 valence electrons. The fourth-order valence-electron chi connectivity index (χ4n) is 2.24. The van der Waals surface area contributed by atoms with Crippen molar-refractivity contribution in [1.82, 2.24) is 10.2 Å². The Labute approximate surface area is 123 Å². The minimum Gasteiger partial charge on any atom is -0.299 e. The number of likely N-dealkylation sites (N-methyl/N-ethyl adjacent to an activating group) is 1. The van der Waals surface area contributed by atoms with Gasteiger partial charge < -0.3 is 0 Å². The first-order chi connectivity index (χ1) is 9.70. The van der Waals surface area contributed by atoms with Crippen LogP contribution in [-0.4, -0.2) is 38.2 Å². The topological polar surface area (TPSA) is 110 Å². The standard InChI is InChI=1S/C13H17N3O4S/c1-8(15-11-7-12(17)16(2)13(11)18)9-4-3-5-10(6-9)21(14,19)20/h3-6,8,11,15H,7H2,1-2H3,(H2,14,19,20). The lowest BCUT2D eigenvalue weighted by molar-refractivity contribution is -0.137. The summed E-state index contributed by atoms with van der Waals surface area (Å²) in [4.78, 5) is 24.4. The van der Waals surface area contributed by atoms with Crippen molar-refractivity contribution in [2.24, 2.45) is 5.14 Å². The predicted octanol–water partition coefficient (Wildman–Crippen LogP) is -0.258. The molecule has 0 spiro atoms. The molecule has 1 saturated heterocycles. The number of hydrogen-bond acceptors (Lipinski definition) is 5. The third kappa shape index (κ3) is 3.29. The zero-order valence-electron chi connectivity index (χ0n) is 11.7. The Morgan fingerprint density at radius 2 is 2.05 bits per heavy atom. The number of carbonyl (C=O) groups excluding carboxylic acids is 2. The molecule has 2 amide bonds. The number of benzene rings is 1. The minimum absolute atomic E-state index is 0.0135. The minimum atomic E-state index is -3.77. The number of nitrogens with two attached hydrogens (primary N) is 1. The van der Waals surface area contributed by atoms with E-state index in [-0.39, 0.29) is 29.2 Å². The second-order valence-corrected chi connectivity index (χ2v) is 6.61. The summed E-state index contributed by atoms with van der Waals surface area (Å²) < 4.78 is 22.7. The summed E-state index contributed by atoms with van der Waals surface area (Å²) in [6.07, 6.45) is 0.106. The molecule has 1 aromatic carbocycles. The van der Waals surface area contributed by atoms with Gasteiger partial charge in [-0.1, -0.05) is 12.1 Å². The second-order valence-electron chi connectivity index (χ2n) is 5.05. The van der Waals surface area contributed by atoms with Gasteiger partial charge in [-0.15, -0.1) is 0 Å². The molecule has 1 heterocycles. The average Bonchev–Trinajstić information content (AvgIpc) is 2.65. The second kappa shape index (κ2) is 5.55. The summed E-state index contributed by atoms with van der Waals surface area (Å²) in [5.74, 6) is -0.516. The summed E-state index contributed by atoms with van der Waals surface area (Å²) in [5, 5.41) is 8.13. The van der Waals surface area contributed by atoms with Crippen molar-refractivity contribution in [2.45, 2.75) is 30.3 Å². The van der Waals surface area contributed by atoms with Gasteiger partial charge in [-0.3, -0.25) is 19.8 Å². The zero-order chi connectivity index (χ0) is 15.8. The number of imide groups is 1. The quantitative estimate of drug-likeness (QED) is 0.745. The van der Waals surface area contributed by atoms with Gasteiger partial charge in [0.25, 0.3) is 0 Å². The molecule has 1 aliphatic rings. The number of nitrogens with zero attached hydrogens (tertiary/aromatic N) is 1. The number of nitrogens with one attached hydrogen (secondary N) is 1. The molecule has 0 aliphatic carbocycles. The van der Waals surface area contributed by atoms with Crippen LogP contribution in [0.4, 0.5) is 0 Å². The van der Waals surface area contributed by atoms with Crippen LogP contribution in [0.15, 0.2) is 29.2 Å². The van der Waals surface area contributed by atoms with Gasteiger partial charge in [0, 0.05) is 13.1 Å². The highest BCUT2D eigenvalue weighted by atomic mass is 32.2. The highest BCUT2D eigenvalue weighted by Crippen LogP contribution is 2.20. The smallest absolute Gasteiger partial charge is 0.246 e. The molecule has 2 rings (SSSR count). The first kappa shape index (κ1) is 15.6. The summed E-state index contributed by atoms with van der Waals surface area (Å²) in [6.45, 7) is 1.79. The molecule has 21 heavy (non-hydrogen) atoms. The molecule has 1 aromatic rings. The third-order valence-electron chi connectivity index (χ3n) is 3.52. The largest absolute Gasteiger partial charge is 0.299 e. The predicted molar refractivity (Wildman–Crippen MR) is 75.5 cm³/mol. The summed E-state index contributed by atoms with van der Waals surface area (Å²) >= 11 is 0. The van der Waals surface area contributed by atoms with E-state index < -0.39 is 16.1 Å². The summed E-state index contributed by atoms with van der Waals surface area (Å²) in [6, 6.07) is 5.30. The van der Waals surface area contributed by atoms with Crippen molar-refractivity contribution in [1.29, 1.82) is 0 Å². The molecule has 2 unspecified atom stereocenters. The van der Waals surface area contributed by atoms with E-state index >= 15 is 0 Å². The van der Waals surface area contributed by atoms with Crippen molar-refractivity contribution >= 4 is 21.8 Å². The lowest BCUT2D eigenvalue weighted by Gasteiger charge is -2.18. The van der Waals surface area contributed by atoms with Gasteiger partial charge in [0.05, 0.1) is 17.4 Å². The van der Waals surface area contributed by atoms with Crippen molar-refractivity contribution in [2.75, 3.05) is 7.05 Å². The number of likely N-dealkylation sites (tertiary alicyclic amines) is 1. The van der Waals surface area contributed by atoms with Crippen LogP contribution in [0.1, 0.15) is 24.9 Å². The Morgan fingerprint density at radius 1 is 1.38 bits per heavy atom. The van der Waals surface area contributed by atoms with E-state index in [1.165, 1.54) is 19.2 Å². The third-order valence-corrected chi connectivity index (χ3v) is 4.43. The van der Waals surface area contributed by atoms with Gasteiger partial charge in [-0.25, -0.2) is 13.6 Å². The van der Waals surface area contributed by atoms with Crippen LogP contribution in [-0.2, 0) is 19.6 Å². The SMILES string of the molecule is CC(NC1CC(=O)N(C)C1=O)c1cccc(S(N)(=O)=O)c1. The molecular weight excluding hydrogens is 294 g/mol. The Bertz CT molecular complexity index is 686. The molecule has 7 nitrogen and oxygen atoms in total. The number of amides is 2. The molecule has 1 aliphatic heterocycles. The Kier molecular flexibility index (Phi) is 4.13. The monoisotopic (exact) mass is 311 g/mol. The van der Waals surface area contributed by atoms with Crippen molar-refractivity contribution in [3.63, 3.8) is 0 Å². The van der Waals surface area contributed by atoms with Crippen LogP contribution in [0.25, 0.3) is 0 Å². The van der Waals surface area contributed by atoms with Crippen LogP contribution in [0.2, 0.25) is 0 Å². The number of carbonyl (C=O) groups is 2. The molecule has 0 aromatic heterocycles. The van der Waals surface area contributed by atoms with E-state index in [0.29, 0.717) is 5.56 Å². The first-order valence-electron chi connectivity index (χ1n) is 6.39. The molecule has 1 fully saturated rings. The Balaban J connectivity index is 2.16. The number of rotatable bonds is 4. The average molecular weight is 311 g/mol. The van der Waals surface area contributed by atoms with Crippen molar-refractivity contribution in [3.8, 4) is 0 Å².